The maximum Gasteiger partial charge on any atom is 0.232 e. The first-order valence-corrected chi connectivity index (χ1v) is 9.77. The number of aliphatic imine (C=N–C) groups is 1. The van der Waals surface area contributed by atoms with Gasteiger partial charge in [0.1, 0.15) is 5.76 Å². The molecule has 1 aromatic carbocycles. The molecule has 0 aliphatic rings. The molecule has 2 N–H and O–H groups in total. The minimum atomic E-state index is -0.179. The molecule has 0 amide bonds. The highest BCUT2D eigenvalue weighted by atomic mass is 16.5. The number of benzene rings is 1. The number of hydrogen-bond acceptors (Lipinski definition) is 6. The third kappa shape index (κ3) is 4.88. The quantitative estimate of drug-likeness (QED) is 0.478. The fourth-order valence-electron chi connectivity index (χ4n) is 2.80. The summed E-state index contributed by atoms with van der Waals surface area (Å²) >= 11 is 0. The Morgan fingerprint density at radius 1 is 1.31 bits per heavy atom. The molecule has 29 heavy (non-hydrogen) atoms. The second-order valence-corrected chi connectivity index (χ2v) is 7.81. The normalized spacial score (nSPS) is 13.5. The van der Waals surface area contributed by atoms with Gasteiger partial charge in [-0.15, -0.1) is 0 Å². The van der Waals surface area contributed by atoms with Gasteiger partial charge in [-0.1, -0.05) is 38.1 Å². The molecule has 0 saturated carbocycles. The van der Waals surface area contributed by atoms with Crippen LogP contribution in [0.2, 0.25) is 0 Å². The average molecular weight is 399 g/mol. The standard InChI is InChI=1S/C21H29N5O3/c1-7-27-15-10-8-9-14-11-16(28-18(14)15)13(2)24-20(22-6)23-12-17-25-19(29-26-17)21(3,4)5/h8-11,13H,7,12H2,1-6H3,(H2,22,23,24). The Kier molecular flexibility index (Phi) is 6.10. The van der Waals surface area contributed by atoms with Crippen molar-refractivity contribution in [1.29, 1.82) is 0 Å². The monoisotopic (exact) mass is 399 g/mol. The van der Waals surface area contributed by atoms with Crippen molar-refractivity contribution >= 4 is 16.9 Å². The van der Waals surface area contributed by atoms with Crippen LogP contribution in [0.5, 0.6) is 5.75 Å². The lowest BCUT2D eigenvalue weighted by Gasteiger charge is -2.15. The zero-order valence-corrected chi connectivity index (χ0v) is 17.9. The van der Waals surface area contributed by atoms with E-state index in [0.717, 1.165) is 22.5 Å². The minimum Gasteiger partial charge on any atom is -0.490 e. The van der Waals surface area contributed by atoms with Gasteiger partial charge in [-0.25, -0.2) is 0 Å². The lowest BCUT2D eigenvalue weighted by Crippen LogP contribution is -2.38. The number of ether oxygens (including phenoxy) is 1. The summed E-state index contributed by atoms with van der Waals surface area (Å²) in [6.07, 6.45) is 0. The van der Waals surface area contributed by atoms with Crippen molar-refractivity contribution < 1.29 is 13.7 Å². The summed E-state index contributed by atoms with van der Waals surface area (Å²) in [5.41, 5.74) is 0.573. The average Bonchev–Trinajstić information content (AvgIpc) is 3.32. The fraction of sp³-hybridized carbons (Fsp3) is 0.476. The van der Waals surface area contributed by atoms with Gasteiger partial charge in [0.15, 0.2) is 23.1 Å². The Hall–Kier alpha value is -3.03. The Morgan fingerprint density at radius 2 is 2.10 bits per heavy atom. The first-order valence-electron chi connectivity index (χ1n) is 9.77. The lowest BCUT2D eigenvalue weighted by molar-refractivity contribution is 0.318. The number of nitrogens with one attached hydrogen (secondary N) is 2. The summed E-state index contributed by atoms with van der Waals surface area (Å²) in [6, 6.07) is 7.79. The van der Waals surface area contributed by atoms with E-state index < -0.39 is 0 Å². The van der Waals surface area contributed by atoms with Crippen LogP contribution in [0.1, 0.15) is 58.1 Å². The van der Waals surface area contributed by atoms with Gasteiger partial charge in [-0.05, 0) is 26.0 Å². The predicted octanol–water partition coefficient (Wildman–Crippen LogP) is 3.94. The van der Waals surface area contributed by atoms with E-state index in [0.29, 0.717) is 30.8 Å². The first-order chi connectivity index (χ1) is 13.8. The molecular formula is C21H29N5O3. The molecule has 0 saturated heterocycles. The number of fused-ring (bicyclic) bond motifs is 1. The zero-order chi connectivity index (χ0) is 21.0. The highest BCUT2D eigenvalue weighted by molar-refractivity contribution is 5.84. The summed E-state index contributed by atoms with van der Waals surface area (Å²) in [7, 11) is 1.71. The van der Waals surface area contributed by atoms with Gasteiger partial charge in [-0.2, -0.15) is 4.98 Å². The molecule has 1 unspecified atom stereocenters. The maximum absolute atomic E-state index is 6.05. The van der Waals surface area contributed by atoms with E-state index in [-0.39, 0.29) is 11.5 Å². The SMILES string of the molecule is CCOc1cccc2cc(C(C)NC(=NC)NCc3noc(C(C)(C)C)n3)oc12. The summed E-state index contributed by atoms with van der Waals surface area (Å²) in [5.74, 6) is 3.35. The van der Waals surface area contributed by atoms with E-state index in [1.165, 1.54) is 0 Å². The van der Waals surface area contributed by atoms with Gasteiger partial charge in [0.25, 0.3) is 0 Å². The van der Waals surface area contributed by atoms with E-state index in [1.807, 2.05) is 58.9 Å². The summed E-state index contributed by atoms with van der Waals surface area (Å²) in [6.45, 7) is 11.1. The van der Waals surface area contributed by atoms with Gasteiger partial charge in [0.05, 0.1) is 19.2 Å². The molecule has 8 nitrogen and oxygen atoms in total. The van der Waals surface area contributed by atoms with Crippen molar-refractivity contribution in [1.82, 2.24) is 20.8 Å². The van der Waals surface area contributed by atoms with Crippen molar-refractivity contribution in [2.45, 2.75) is 52.6 Å². The van der Waals surface area contributed by atoms with E-state index in [1.54, 1.807) is 7.05 Å². The van der Waals surface area contributed by atoms with E-state index >= 15 is 0 Å². The summed E-state index contributed by atoms with van der Waals surface area (Å²) in [5, 5.41) is 11.5. The van der Waals surface area contributed by atoms with Gasteiger partial charge < -0.3 is 24.3 Å². The van der Waals surface area contributed by atoms with Crippen molar-refractivity contribution in [3.63, 3.8) is 0 Å². The third-order valence-corrected chi connectivity index (χ3v) is 4.35. The maximum atomic E-state index is 6.05. The molecule has 0 aliphatic carbocycles. The summed E-state index contributed by atoms with van der Waals surface area (Å²) in [4.78, 5) is 8.69. The molecule has 0 fully saturated rings. The number of para-hydroxylation sites is 1. The first kappa shape index (κ1) is 20.7. The van der Waals surface area contributed by atoms with Crippen LogP contribution in [0, 0.1) is 0 Å². The molecule has 0 radical (unpaired) electrons. The van der Waals surface area contributed by atoms with Gasteiger partial charge >= 0.3 is 0 Å². The largest absolute Gasteiger partial charge is 0.490 e. The molecule has 0 bridgehead atoms. The van der Waals surface area contributed by atoms with Crippen molar-refractivity contribution in [2.24, 2.45) is 4.99 Å². The van der Waals surface area contributed by atoms with Crippen LogP contribution < -0.4 is 15.4 Å². The number of guanidine groups is 1. The van der Waals surface area contributed by atoms with Gasteiger partial charge in [0, 0.05) is 17.8 Å². The van der Waals surface area contributed by atoms with Gasteiger partial charge in [-0.3, -0.25) is 4.99 Å². The van der Waals surface area contributed by atoms with E-state index in [2.05, 4.69) is 25.8 Å². The molecule has 8 heteroatoms. The predicted molar refractivity (Wildman–Crippen MR) is 112 cm³/mol. The van der Waals surface area contributed by atoms with Crippen LogP contribution in [0.4, 0.5) is 0 Å². The second kappa shape index (κ2) is 8.55. The molecular weight excluding hydrogens is 370 g/mol. The molecule has 3 aromatic rings. The Bertz CT molecular complexity index is 984. The van der Waals surface area contributed by atoms with Crippen LogP contribution in [-0.4, -0.2) is 29.8 Å². The van der Waals surface area contributed by atoms with Crippen molar-refractivity contribution in [2.75, 3.05) is 13.7 Å². The number of hydrogen-bond donors (Lipinski definition) is 2. The topological polar surface area (TPSA) is 97.7 Å². The van der Waals surface area contributed by atoms with Crippen molar-refractivity contribution in [3.8, 4) is 5.75 Å². The number of furan rings is 1. The van der Waals surface area contributed by atoms with Crippen LogP contribution >= 0.6 is 0 Å². The molecule has 2 heterocycles. The molecule has 2 aromatic heterocycles. The third-order valence-electron chi connectivity index (χ3n) is 4.35. The fourth-order valence-corrected chi connectivity index (χ4v) is 2.80. The van der Waals surface area contributed by atoms with Crippen molar-refractivity contribution in [3.05, 3.63) is 41.7 Å². The highest BCUT2D eigenvalue weighted by Gasteiger charge is 2.22. The Labute approximate surface area is 170 Å². The van der Waals surface area contributed by atoms with Crippen LogP contribution in [0.3, 0.4) is 0 Å². The number of aromatic nitrogens is 2. The highest BCUT2D eigenvalue weighted by Crippen LogP contribution is 2.31. The van der Waals surface area contributed by atoms with Gasteiger partial charge in [0.2, 0.25) is 5.89 Å². The van der Waals surface area contributed by atoms with E-state index in [4.69, 9.17) is 13.7 Å². The molecule has 3 rings (SSSR count). The Balaban J connectivity index is 1.65. The summed E-state index contributed by atoms with van der Waals surface area (Å²) < 4.78 is 17.0. The Morgan fingerprint density at radius 3 is 2.76 bits per heavy atom. The zero-order valence-electron chi connectivity index (χ0n) is 17.9. The molecule has 0 aliphatic heterocycles. The van der Waals surface area contributed by atoms with Crippen LogP contribution in [0.25, 0.3) is 11.0 Å². The molecule has 1 atom stereocenters. The minimum absolute atomic E-state index is 0.0986. The van der Waals surface area contributed by atoms with Crippen LogP contribution in [0.15, 0.2) is 38.2 Å². The number of rotatable bonds is 6. The van der Waals surface area contributed by atoms with Crippen LogP contribution in [-0.2, 0) is 12.0 Å². The second-order valence-electron chi connectivity index (χ2n) is 7.81. The number of nitrogens with zero attached hydrogens (tertiary/aromatic N) is 3. The molecule has 0 spiro atoms. The molecule has 156 valence electrons. The lowest BCUT2D eigenvalue weighted by atomic mass is 9.97. The smallest absolute Gasteiger partial charge is 0.232 e. The van der Waals surface area contributed by atoms with E-state index in [9.17, 15) is 0 Å².